The van der Waals surface area contributed by atoms with Gasteiger partial charge >= 0.3 is 0 Å². The standard InChI is InChI=1S/C24H38O2/c1-3-4-5-6-7-8-9-10-11-12-13-14-16-22-17-15-18-23(19-22)25-20-24(2)21-26-24/h11-12,15,17-19H,3-10,13-14,16,20-21H2,1-2H3/b12-11+. The molecule has 0 radical (unpaired) electrons. The van der Waals surface area contributed by atoms with Gasteiger partial charge in [-0.3, -0.25) is 0 Å². The third kappa shape index (κ3) is 9.43. The lowest BCUT2D eigenvalue weighted by molar-refractivity contribution is 0.202. The molecule has 1 aliphatic heterocycles. The van der Waals surface area contributed by atoms with Crippen LogP contribution in [0, 0.1) is 0 Å². The topological polar surface area (TPSA) is 21.8 Å². The van der Waals surface area contributed by atoms with E-state index in [1.807, 2.05) is 6.07 Å². The quantitative estimate of drug-likeness (QED) is 0.194. The lowest BCUT2D eigenvalue weighted by atomic mass is 10.1. The molecular formula is C24H38O2. The summed E-state index contributed by atoms with van der Waals surface area (Å²) < 4.78 is 11.2. The fraction of sp³-hybridized carbons (Fsp3) is 0.667. The van der Waals surface area contributed by atoms with Crippen LogP contribution in [0.1, 0.15) is 83.6 Å². The molecule has 0 amide bonds. The minimum absolute atomic E-state index is 0.0453. The predicted octanol–water partition coefficient (Wildman–Crippen LogP) is 6.87. The zero-order valence-corrected chi connectivity index (χ0v) is 17.0. The molecule has 1 unspecified atom stereocenters. The molecule has 1 fully saturated rings. The van der Waals surface area contributed by atoms with E-state index in [4.69, 9.17) is 9.47 Å². The first-order valence-electron chi connectivity index (χ1n) is 10.7. The minimum Gasteiger partial charge on any atom is -0.490 e. The summed E-state index contributed by atoms with van der Waals surface area (Å²) in [6.45, 7) is 5.84. The number of hydrogen-bond acceptors (Lipinski definition) is 2. The van der Waals surface area contributed by atoms with E-state index in [0.29, 0.717) is 6.61 Å². The molecule has 0 saturated carbocycles. The van der Waals surface area contributed by atoms with Crippen LogP contribution in [0.3, 0.4) is 0 Å². The van der Waals surface area contributed by atoms with Crippen LogP contribution < -0.4 is 4.74 Å². The summed E-state index contributed by atoms with van der Waals surface area (Å²) >= 11 is 0. The number of rotatable bonds is 15. The SMILES string of the molecule is CCCCCCCCC/C=C/CCCc1cccc(OCC2(C)CO2)c1. The van der Waals surface area contributed by atoms with Crippen molar-refractivity contribution in [2.24, 2.45) is 0 Å². The number of aryl methyl sites for hydroxylation is 1. The summed E-state index contributed by atoms with van der Waals surface area (Å²) in [6.07, 6.45) is 19.2. The third-order valence-electron chi connectivity index (χ3n) is 5.06. The highest BCUT2D eigenvalue weighted by Gasteiger charge is 2.40. The second kappa shape index (κ2) is 12.2. The predicted molar refractivity (Wildman–Crippen MR) is 111 cm³/mol. The Morgan fingerprint density at radius 1 is 1.00 bits per heavy atom. The van der Waals surface area contributed by atoms with Gasteiger partial charge in [0, 0.05) is 0 Å². The van der Waals surface area contributed by atoms with E-state index >= 15 is 0 Å². The second-order valence-electron chi connectivity index (χ2n) is 7.95. The van der Waals surface area contributed by atoms with Gasteiger partial charge in [-0.25, -0.2) is 0 Å². The number of epoxide rings is 1. The van der Waals surface area contributed by atoms with Crippen LogP contribution in [0.25, 0.3) is 0 Å². The third-order valence-corrected chi connectivity index (χ3v) is 5.06. The van der Waals surface area contributed by atoms with Gasteiger partial charge in [-0.2, -0.15) is 0 Å². The maximum absolute atomic E-state index is 5.85. The van der Waals surface area contributed by atoms with E-state index in [1.54, 1.807) is 0 Å². The summed E-state index contributed by atoms with van der Waals surface area (Å²) in [5.41, 5.74) is 1.32. The van der Waals surface area contributed by atoms with Gasteiger partial charge in [0.05, 0.1) is 6.61 Å². The van der Waals surface area contributed by atoms with Crippen LogP contribution in [0.4, 0.5) is 0 Å². The molecule has 2 nitrogen and oxygen atoms in total. The number of benzene rings is 1. The van der Waals surface area contributed by atoms with Gasteiger partial charge in [-0.15, -0.1) is 0 Å². The van der Waals surface area contributed by atoms with E-state index in [1.165, 1.54) is 69.8 Å². The van der Waals surface area contributed by atoms with Gasteiger partial charge in [-0.1, -0.05) is 69.7 Å². The highest BCUT2D eigenvalue weighted by Crippen LogP contribution is 2.27. The molecule has 0 bridgehead atoms. The van der Waals surface area contributed by atoms with Crippen molar-refractivity contribution >= 4 is 0 Å². The molecule has 1 aromatic rings. The Morgan fingerprint density at radius 2 is 1.69 bits per heavy atom. The van der Waals surface area contributed by atoms with Gasteiger partial charge in [0.1, 0.15) is 18.0 Å². The molecule has 0 spiro atoms. The monoisotopic (exact) mass is 358 g/mol. The number of ether oxygens (including phenoxy) is 2. The van der Waals surface area contributed by atoms with Crippen molar-refractivity contribution in [2.45, 2.75) is 90.1 Å². The normalized spacial score (nSPS) is 19.2. The van der Waals surface area contributed by atoms with Crippen molar-refractivity contribution < 1.29 is 9.47 Å². The molecule has 2 rings (SSSR count). The molecule has 1 saturated heterocycles. The van der Waals surface area contributed by atoms with Gasteiger partial charge in [-0.05, 0) is 56.7 Å². The van der Waals surface area contributed by atoms with Crippen LogP contribution in [0.2, 0.25) is 0 Å². The summed E-state index contributed by atoms with van der Waals surface area (Å²) in [5, 5.41) is 0. The fourth-order valence-corrected chi connectivity index (χ4v) is 3.11. The number of unbranched alkanes of at least 4 members (excludes halogenated alkanes) is 8. The van der Waals surface area contributed by atoms with Crippen LogP contribution in [0.15, 0.2) is 36.4 Å². The van der Waals surface area contributed by atoms with Crippen LogP contribution >= 0.6 is 0 Å². The molecule has 0 aromatic heterocycles. The lowest BCUT2D eigenvalue weighted by Crippen LogP contribution is -2.16. The van der Waals surface area contributed by atoms with Gasteiger partial charge in [0.2, 0.25) is 0 Å². The molecule has 0 N–H and O–H groups in total. The average Bonchev–Trinajstić information content (AvgIpc) is 3.39. The Morgan fingerprint density at radius 3 is 2.42 bits per heavy atom. The Hall–Kier alpha value is -1.28. The highest BCUT2D eigenvalue weighted by molar-refractivity contribution is 5.28. The number of allylic oxidation sites excluding steroid dienone is 2. The largest absolute Gasteiger partial charge is 0.490 e. The fourth-order valence-electron chi connectivity index (χ4n) is 3.11. The van der Waals surface area contributed by atoms with Crippen LogP contribution in [-0.4, -0.2) is 18.8 Å². The Kier molecular flexibility index (Phi) is 9.84. The van der Waals surface area contributed by atoms with Crippen molar-refractivity contribution in [2.75, 3.05) is 13.2 Å². The molecule has 26 heavy (non-hydrogen) atoms. The number of hydrogen-bond donors (Lipinski definition) is 0. The maximum atomic E-state index is 5.85. The average molecular weight is 359 g/mol. The van der Waals surface area contributed by atoms with Crippen molar-refractivity contribution in [3.05, 3.63) is 42.0 Å². The van der Waals surface area contributed by atoms with Crippen molar-refractivity contribution in [3.63, 3.8) is 0 Å². The Labute approximate surface area is 161 Å². The minimum atomic E-state index is -0.0453. The summed E-state index contributed by atoms with van der Waals surface area (Å²) in [7, 11) is 0. The molecule has 1 atom stereocenters. The molecule has 2 heteroatoms. The highest BCUT2D eigenvalue weighted by atomic mass is 16.6. The Bertz CT molecular complexity index is 517. The van der Waals surface area contributed by atoms with Crippen molar-refractivity contribution in [1.82, 2.24) is 0 Å². The second-order valence-corrected chi connectivity index (χ2v) is 7.95. The van der Waals surface area contributed by atoms with E-state index in [2.05, 4.69) is 44.2 Å². The summed E-state index contributed by atoms with van der Waals surface area (Å²) in [5.74, 6) is 0.966. The van der Waals surface area contributed by atoms with Gasteiger partial charge < -0.3 is 9.47 Å². The molecular weight excluding hydrogens is 320 g/mol. The zero-order chi connectivity index (χ0) is 18.5. The smallest absolute Gasteiger partial charge is 0.123 e. The van der Waals surface area contributed by atoms with E-state index in [9.17, 15) is 0 Å². The van der Waals surface area contributed by atoms with E-state index in [-0.39, 0.29) is 5.60 Å². The van der Waals surface area contributed by atoms with E-state index in [0.717, 1.165) is 18.8 Å². The maximum Gasteiger partial charge on any atom is 0.123 e. The molecule has 1 aromatic carbocycles. The first-order chi connectivity index (χ1) is 12.7. The molecule has 0 aliphatic carbocycles. The molecule has 1 aliphatic rings. The zero-order valence-electron chi connectivity index (χ0n) is 17.0. The summed E-state index contributed by atoms with van der Waals surface area (Å²) in [6, 6.07) is 8.51. The Balaban J connectivity index is 1.48. The van der Waals surface area contributed by atoms with Crippen molar-refractivity contribution in [3.8, 4) is 5.75 Å². The first kappa shape index (κ1) is 21.0. The van der Waals surface area contributed by atoms with Crippen LogP contribution in [-0.2, 0) is 11.2 Å². The van der Waals surface area contributed by atoms with Crippen molar-refractivity contribution in [1.29, 1.82) is 0 Å². The van der Waals surface area contributed by atoms with Gasteiger partial charge in [0.25, 0.3) is 0 Å². The first-order valence-corrected chi connectivity index (χ1v) is 10.7. The summed E-state index contributed by atoms with van der Waals surface area (Å²) in [4.78, 5) is 0. The molecule has 1 heterocycles. The van der Waals surface area contributed by atoms with Crippen LogP contribution in [0.5, 0.6) is 5.75 Å². The molecule has 146 valence electrons. The van der Waals surface area contributed by atoms with Gasteiger partial charge in [0.15, 0.2) is 0 Å². The lowest BCUT2D eigenvalue weighted by Gasteiger charge is -2.10. The van der Waals surface area contributed by atoms with E-state index < -0.39 is 0 Å².